The molecule has 1 heterocycles. The number of rotatable bonds is 6. The summed E-state index contributed by atoms with van der Waals surface area (Å²) in [7, 11) is 0. The van der Waals surface area contributed by atoms with Crippen LogP contribution in [0.2, 0.25) is 0 Å². The van der Waals surface area contributed by atoms with Crippen LogP contribution in [-0.4, -0.2) is 43.7 Å². The molecule has 0 spiro atoms. The molecule has 2 aliphatic rings. The molecular weight excluding hydrogens is 377 g/mol. The summed E-state index contributed by atoms with van der Waals surface area (Å²) < 4.78 is 5.55. The number of likely N-dealkylation sites (tertiary alicyclic amines) is 1. The molecule has 2 fully saturated rings. The summed E-state index contributed by atoms with van der Waals surface area (Å²) in [6, 6.07) is 0. The van der Waals surface area contributed by atoms with Crippen molar-refractivity contribution in [3.63, 3.8) is 0 Å². The van der Waals surface area contributed by atoms with Gasteiger partial charge in [0.2, 0.25) is 0 Å². The molecule has 4 nitrogen and oxygen atoms in total. The number of guanidine groups is 1. The molecule has 2 N–H and O–H groups in total. The van der Waals surface area contributed by atoms with Crippen LogP contribution in [0.4, 0.5) is 0 Å². The maximum Gasteiger partial charge on any atom is 0.191 e. The summed E-state index contributed by atoms with van der Waals surface area (Å²) in [4.78, 5) is 7.00. The van der Waals surface area contributed by atoms with Crippen LogP contribution in [-0.2, 0) is 4.74 Å². The van der Waals surface area contributed by atoms with E-state index in [1.165, 1.54) is 44.9 Å². The number of ether oxygens (including phenoxy) is 1. The molecule has 0 unspecified atom stereocenters. The largest absolute Gasteiger partial charge is 0.382 e. The SMILES string of the molecule is CCOCCC1(CN=C(N)N2CCCCC2)CCCC1.I. The highest BCUT2D eigenvalue weighted by molar-refractivity contribution is 14.0. The number of hydrogen-bond acceptors (Lipinski definition) is 2. The molecule has 0 aromatic heterocycles. The summed E-state index contributed by atoms with van der Waals surface area (Å²) in [5, 5.41) is 0. The minimum Gasteiger partial charge on any atom is -0.382 e. The first-order valence-corrected chi connectivity index (χ1v) is 8.38. The maximum atomic E-state index is 6.18. The van der Waals surface area contributed by atoms with Crippen molar-refractivity contribution in [1.29, 1.82) is 0 Å². The van der Waals surface area contributed by atoms with Gasteiger partial charge in [0, 0.05) is 32.8 Å². The van der Waals surface area contributed by atoms with Gasteiger partial charge in [-0.05, 0) is 50.9 Å². The fourth-order valence-electron chi connectivity index (χ4n) is 3.52. The molecule has 1 aliphatic heterocycles. The van der Waals surface area contributed by atoms with Crippen molar-refractivity contribution in [2.45, 2.75) is 58.3 Å². The van der Waals surface area contributed by atoms with Crippen molar-refractivity contribution >= 4 is 29.9 Å². The third-order valence-electron chi connectivity index (χ3n) is 4.90. The van der Waals surface area contributed by atoms with Gasteiger partial charge in [0.1, 0.15) is 0 Å². The fraction of sp³-hybridized carbons (Fsp3) is 0.938. The van der Waals surface area contributed by atoms with E-state index in [9.17, 15) is 0 Å². The van der Waals surface area contributed by atoms with E-state index in [0.717, 1.165) is 45.2 Å². The van der Waals surface area contributed by atoms with Crippen LogP contribution in [0.1, 0.15) is 58.3 Å². The number of halogens is 1. The Balaban J connectivity index is 0.00000220. The van der Waals surface area contributed by atoms with E-state index in [1.54, 1.807) is 0 Å². The number of nitrogens with two attached hydrogens (primary N) is 1. The van der Waals surface area contributed by atoms with Crippen LogP contribution in [0.5, 0.6) is 0 Å². The molecule has 2 rings (SSSR count). The first kappa shape index (κ1) is 19.0. The van der Waals surface area contributed by atoms with Crippen LogP contribution in [0.15, 0.2) is 4.99 Å². The first-order chi connectivity index (χ1) is 9.76. The molecule has 124 valence electrons. The molecule has 0 radical (unpaired) electrons. The highest BCUT2D eigenvalue weighted by Crippen LogP contribution is 2.41. The quantitative estimate of drug-likeness (QED) is 0.317. The van der Waals surface area contributed by atoms with Crippen molar-refractivity contribution < 1.29 is 4.74 Å². The minimum atomic E-state index is 0. The average Bonchev–Trinajstić information content (AvgIpc) is 2.95. The van der Waals surface area contributed by atoms with E-state index in [2.05, 4.69) is 11.8 Å². The summed E-state index contributed by atoms with van der Waals surface area (Å²) in [6.07, 6.45) is 10.2. The van der Waals surface area contributed by atoms with Crippen LogP contribution in [0, 0.1) is 5.41 Å². The predicted molar refractivity (Wildman–Crippen MR) is 99.3 cm³/mol. The van der Waals surface area contributed by atoms with E-state index < -0.39 is 0 Å². The number of hydrogen-bond donors (Lipinski definition) is 1. The standard InChI is InChI=1S/C16H31N3O.HI/c1-2-20-13-10-16(8-4-5-9-16)14-18-15(17)19-11-6-3-7-12-19;/h2-14H2,1H3,(H2,17,18);1H. The Kier molecular flexibility index (Phi) is 8.94. The highest BCUT2D eigenvalue weighted by Gasteiger charge is 2.33. The zero-order chi connectivity index (χ0) is 14.3. The molecule has 0 aromatic rings. The molecule has 5 heteroatoms. The van der Waals surface area contributed by atoms with E-state index in [4.69, 9.17) is 15.5 Å². The Morgan fingerprint density at radius 1 is 1.14 bits per heavy atom. The Bertz CT molecular complexity index is 311. The molecule has 21 heavy (non-hydrogen) atoms. The van der Waals surface area contributed by atoms with Gasteiger partial charge in [-0.3, -0.25) is 4.99 Å². The number of piperidine rings is 1. The zero-order valence-corrected chi connectivity index (χ0v) is 15.8. The third kappa shape index (κ3) is 5.93. The lowest BCUT2D eigenvalue weighted by molar-refractivity contribution is 0.107. The lowest BCUT2D eigenvalue weighted by Gasteiger charge is -2.30. The van der Waals surface area contributed by atoms with Gasteiger partial charge < -0.3 is 15.4 Å². The van der Waals surface area contributed by atoms with Crippen LogP contribution in [0.25, 0.3) is 0 Å². The summed E-state index contributed by atoms with van der Waals surface area (Å²) in [5.74, 6) is 0.771. The van der Waals surface area contributed by atoms with Crippen molar-refractivity contribution in [3.8, 4) is 0 Å². The van der Waals surface area contributed by atoms with Gasteiger partial charge in [-0.15, -0.1) is 24.0 Å². The predicted octanol–water partition coefficient (Wildman–Crippen LogP) is 3.39. The lowest BCUT2D eigenvalue weighted by atomic mass is 9.83. The van der Waals surface area contributed by atoms with E-state index in [-0.39, 0.29) is 24.0 Å². The average molecular weight is 409 g/mol. The van der Waals surface area contributed by atoms with E-state index in [1.807, 2.05) is 0 Å². The lowest BCUT2D eigenvalue weighted by Crippen LogP contribution is -2.41. The van der Waals surface area contributed by atoms with Crippen molar-refractivity contribution in [2.75, 3.05) is 32.8 Å². The molecule has 0 aromatic carbocycles. The second-order valence-corrected chi connectivity index (χ2v) is 6.38. The zero-order valence-electron chi connectivity index (χ0n) is 13.5. The normalized spacial score (nSPS) is 22.1. The second-order valence-electron chi connectivity index (χ2n) is 6.38. The first-order valence-electron chi connectivity index (χ1n) is 8.38. The molecule has 0 atom stereocenters. The van der Waals surface area contributed by atoms with Gasteiger partial charge in [-0.25, -0.2) is 0 Å². The van der Waals surface area contributed by atoms with Gasteiger partial charge in [0.15, 0.2) is 5.96 Å². The van der Waals surface area contributed by atoms with Crippen molar-refractivity contribution in [3.05, 3.63) is 0 Å². The van der Waals surface area contributed by atoms with Crippen LogP contribution >= 0.6 is 24.0 Å². The Labute approximate surface area is 146 Å². The summed E-state index contributed by atoms with van der Waals surface area (Å²) >= 11 is 0. The highest BCUT2D eigenvalue weighted by atomic mass is 127. The Hall–Kier alpha value is -0.0400. The topological polar surface area (TPSA) is 50.9 Å². The molecule has 0 bridgehead atoms. The van der Waals surface area contributed by atoms with Gasteiger partial charge >= 0.3 is 0 Å². The summed E-state index contributed by atoms with van der Waals surface area (Å²) in [6.45, 7) is 6.81. The summed E-state index contributed by atoms with van der Waals surface area (Å²) in [5.41, 5.74) is 6.54. The smallest absolute Gasteiger partial charge is 0.191 e. The van der Waals surface area contributed by atoms with Crippen molar-refractivity contribution in [2.24, 2.45) is 16.1 Å². The Morgan fingerprint density at radius 2 is 1.81 bits per heavy atom. The number of nitrogens with zero attached hydrogens (tertiary/aromatic N) is 2. The van der Waals surface area contributed by atoms with Gasteiger partial charge in [-0.1, -0.05) is 12.8 Å². The molecular formula is C16H32IN3O. The van der Waals surface area contributed by atoms with Gasteiger partial charge in [0.25, 0.3) is 0 Å². The molecule has 0 amide bonds. The molecule has 1 aliphatic carbocycles. The fourth-order valence-corrected chi connectivity index (χ4v) is 3.52. The van der Waals surface area contributed by atoms with Gasteiger partial charge in [0.05, 0.1) is 0 Å². The monoisotopic (exact) mass is 409 g/mol. The molecule has 1 saturated heterocycles. The molecule has 1 saturated carbocycles. The Morgan fingerprint density at radius 3 is 2.43 bits per heavy atom. The number of aliphatic imine (C=N–C) groups is 1. The second kappa shape index (κ2) is 9.87. The van der Waals surface area contributed by atoms with Gasteiger partial charge in [-0.2, -0.15) is 0 Å². The van der Waals surface area contributed by atoms with Crippen LogP contribution in [0.3, 0.4) is 0 Å². The van der Waals surface area contributed by atoms with E-state index >= 15 is 0 Å². The van der Waals surface area contributed by atoms with Crippen molar-refractivity contribution in [1.82, 2.24) is 4.90 Å². The minimum absolute atomic E-state index is 0. The van der Waals surface area contributed by atoms with Crippen LogP contribution < -0.4 is 5.73 Å². The third-order valence-corrected chi connectivity index (χ3v) is 4.90. The maximum absolute atomic E-state index is 6.18. The van der Waals surface area contributed by atoms with E-state index in [0.29, 0.717) is 5.41 Å².